The molecular weight excluding hydrogens is 212 g/mol. The van der Waals surface area contributed by atoms with Crippen LogP contribution in [0.1, 0.15) is 45.2 Å². The molecule has 0 radical (unpaired) electrons. The molecule has 0 fully saturated rings. The van der Waals surface area contributed by atoms with Gasteiger partial charge in [0, 0.05) is 24.8 Å². The quantitative estimate of drug-likeness (QED) is 0.754. The topological polar surface area (TPSA) is 47.1 Å². The molecule has 0 spiro atoms. The first-order valence-corrected chi connectivity index (χ1v) is 6.73. The minimum Gasteiger partial charge on any atom is -0.329 e. The van der Waals surface area contributed by atoms with E-state index in [-0.39, 0.29) is 0 Å². The summed E-state index contributed by atoms with van der Waals surface area (Å²) in [6, 6.07) is 0.311. The molecule has 1 aromatic rings. The van der Waals surface area contributed by atoms with Crippen molar-refractivity contribution < 1.29 is 0 Å². The van der Waals surface area contributed by atoms with Crippen LogP contribution in [-0.2, 0) is 6.54 Å². The third-order valence-corrected chi connectivity index (χ3v) is 3.07. The molecule has 2 N–H and O–H groups in total. The van der Waals surface area contributed by atoms with Gasteiger partial charge in [0.2, 0.25) is 0 Å². The van der Waals surface area contributed by atoms with E-state index >= 15 is 0 Å². The zero-order valence-electron chi connectivity index (χ0n) is 11.4. The molecule has 1 aromatic heterocycles. The van der Waals surface area contributed by atoms with Crippen LogP contribution < -0.4 is 5.73 Å². The van der Waals surface area contributed by atoms with Crippen molar-refractivity contribution in [1.29, 1.82) is 0 Å². The monoisotopic (exact) mass is 238 g/mol. The lowest BCUT2D eigenvalue weighted by Gasteiger charge is -2.28. The zero-order chi connectivity index (χ0) is 12.7. The van der Waals surface area contributed by atoms with E-state index in [1.54, 1.807) is 0 Å². The Morgan fingerprint density at radius 1 is 1.35 bits per heavy atom. The molecule has 0 bridgehead atoms. The lowest BCUT2D eigenvalue weighted by molar-refractivity contribution is 0.212. The molecule has 0 saturated heterocycles. The third kappa shape index (κ3) is 3.82. The van der Waals surface area contributed by atoms with Gasteiger partial charge in [0.1, 0.15) is 0 Å². The van der Waals surface area contributed by atoms with Crippen LogP contribution in [0.5, 0.6) is 0 Å². The SMILES string of the molecule is CCCN(CC)C(CN)c1cnn(CCC)c1. The fourth-order valence-electron chi connectivity index (χ4n) is 2.22. The van der Waals surface area contributed by atoms with Crippen LogP contribution in [-0.4, -0.2) is 34.3 Å². The number of hydrogen-bond donors (Lipinski definition) is 1. The van der Waals surface area contributed by atoms with Gasteiger partial charge < -0.3 is 5.73 Å². The Kier molecular flexibility index (Phi) is 6.22. The normalized spacial score (nSPS) is 13.2. The lowest BCUT2D eigenvalue weighted by atomic mass is 10.1. The number of nitrogens with two attached hydrogens (primary N) is 1. The maximum atomic E-state index is 5.92. The fourth-order valence-corrected chi connectivity index (χ4v) is 2.22. The minimum atomic E-state index is 0.311. The summed E-state index contributed by atoms with van der Waals surface area (Å²) in [5.41, 5.74) is 7.16. The summed E-state index contributed by atoms with van der Waals surface area (Å²) in [6.45, 7) is 10.3. The van der Waals surface area contributed by atoms with Crippen molar-refractivity contribution in [2.24, 2.45) is 5.73 Å². The average molecular weight is 238 g/mol. The lowest BCUT2D eigenvalue weighted by Crippen LogP contribution is -2.34. The fraction of sp³-hybridized carbons (Fsp3) is 0.769. The number of nitrogens with zero attached hydrogens (tertiary/aromatic N) is 3. The summed E-state index contributed by atoms with van der Waals surface area (Å²) in [4.78, 5) is 2.42. The molecule has 0 aliphatic heterocycles. The Morgan fingerprint density at radius 3 is 2.65 bits per heavy atom. The van der Waals surface area contributed by atoms with E-state index < -0.39 is 0 Å². The van der Waals surface area contributed by atoms with E-state index in [1.165, 1.54) is 5.56 Å². The average Bonchev–Trinajstić information content (AvgIpc) is 2.78. The smallest absolute Gasteiger partial charge is 0.0538 e. The van der Waals surface area contributed by atoms with Gasteiger partial charge in [-0.15, -0.1) is 0 Å². The van der Waals surface area contributed by atoms with Crippen LogP contribution >= 0.6 is 0 Å². The molecule has 0 aliphatic carbocycles. The Labute approximate surface area is 105 Å². The van der Waals surface area contributed by atoms with Crippen LogP contribution in [0.4, 0.5) is 0 Å². The standard InChI is InChI=1S/C13H26N4/c1-4-7-16(6-3)13(9-14)12-10-15-17(11-12)8-5-2/h10-11,13H,4-9,14H2,1-3H3. The Bertz CT molecular complexity index is 308. The highest BCUT2D eigenvalue weighted by molar-refractivity contribution is 5.11. The summed E-state index contributed by atoms with van der Waals surface area (Å²) < 4.78 is 2.01. The van der Waals surface area contributed by atoms with Crippen molar-refractivity contribution in [2.75, 3.05) is 19.6 Å². The third-order valence-electron chi connectivity index (χ3n) is 3.07. The second-order valence-corrected chi connectivity index (χ2v) is 4.42. The number of aromatic nitrogens is 2. The first kappa shape index (κ1) is 14.2. The van der Waals surface area contributed by atoms with Crippen LogP contribution in [0.2, 0.25) is 0 Å². The van der Waals surface area contributed by atoms with Gasteiger partial charge in [0.15, 0.2) is 0 Å². The van der Waals surface area contributed by atoms with Crippen molar-refractivity contribution in [3.63, 3.8) is 0 Å². The van der Waals surface area contributed by atoms with E-state index in [1.807, 2.05) is 10.9 Å². The van der Waals surface area contributed by atoms with Gasteiger partial charge in [-0.25, -0.2) is 0 Å². The molecule has 0 amide bonds. The van der Waals surface area contributed by atoms with Gasteiger partial charge in [-0.1, -0.05) is 20.8 Å². The first-order chi connectivity index (χ1) is 8.26. The highest BCUT2D eigenvalue weighted by Crippen LogP contribution is 2.19. The molecule has 17 heavy (non-hydrogen) atoms. The number of rotatable bonds is 8. The molecular formula is C13H26N4. The van der Waals surface area contributed by atoms with Gasteiger partial charge in [0.25, 0.3) is 0 Å². The molecule has 1 unspecified atom stereocenters. The molecule has 1 heterocycles. The van der Waals surface area contributed by atoms with Crippen molar-refractivity contribution >= 4 is 0 Å². The Morgan fingerprint density at radius 2 is 2.12 bits per heavy atom. The summed E-state index contributed by atoms with van der Waals surface area (Å²) >= 11 is 0. The van der Waals surface area contributed by atoms with Crippen molar-refractivity contribution in [1.82, 2.24) is 14.7 Å². The highest BCUT2D eigenvalue weighted by atomic mass is 15.3. The summed E-state index contributed by atoms with van der Waals surface area (Å²) in [7, 11) is 0. The van der Waals surface area contributed by atoms with Gasteiger partial charge in [-0.05, 0) is 25.9 Å². The highest BCUT2D eigenvalue weighted by Gasteiger charge is 2.18. The number of aryl methyl sites for hydroxylation is 1. The summed E-state index contributed by atoms with van der Waals surface area (Å²) in [6.07, 6.45) is 6.37. The predicted octanol–water partition coefficient (Wildman–Crippen LogP) is 2.02. The van der Waals surface area contributed by atoms with Crippen molar-refractivity contribution in [3.8, 4) is 0 Å². The van der Waals surface area contributed by atoms with Gasteiger partial charge in [-0.2, -0.15) is 5.10 Å². The Balaban J connectivity index is 2.76. The molecule has 98 valence electrons. The van der Waals surface area contributed by atoms with E-state index in [0.29, 0.717) is 12.6 Å². The van der Waals surface area contributed by atoms with Crippen LogP contribution in [0.15, 0.2) is 12.4 Å². The van der Waals surface area contributed by atoms with Crippen LogP contribution in [0.25, 0.3) is 0 Å². The van der Waals surface area contributed by atoms with E-state index in [0.717, 1.165) is 32.5 Å². The van der Waals surface area contributed by atoms with Gasteiger partial charge in [0.05, 0.1) is 12.2 Å². The summed E-state index contributed by atoms with van der Waals surface area (Å²) in [5, 5.41) is 4.39. The minimum absolute atomic E-state index is 0.311. The van der Waals surface area contributed by atoms with Crippen LogP contribution in [0, 0.1) is 0 Å². The second kappa shape index (κ2) is 7.45. The zero-order valence-corrected chi connectivity index (χ0v) is 11.4. The van der Waals surface area contributed by atoms with E-state index in [9.17, 15) is 0 Å². The molecule has 1 rings (SSSR count). The first-order valence-electron chi connectivity index (χ1n) is 6.73. The second-order valence-electron chi connectivity index (χ2n) is 4.42. The predicted molar refractivity (Wildman–Crippen MR) is 71.9 cm³/mol. The van der Waals surface area contributed by atoms with Gasteiger partial charge in [-0.3, -0.25) is 9.58 Å². The molecule has 1 atom stereocenters. The maximum absolute atomic E-state index is 5.92. The Hall–Kier alpha value is -0.870. The summed E-state index contributed by atoms with van der Waals surface area (Å²) in [5.74, 6) is 0. The van der Waals surface area contributed by atoms with Crippen LogP contribution in [0.3, 0.4) is 0 Å². The molecule has 4 nitrogen and oxygen atoms in total. The maximum Gasteiger partial charge on any atom is 0.0538 e. The molecule has 0 aliphatic rings. The largest absolute Gasteiger partial charge is 0.329 e. The van der Waals surface area contributed by atoms with E-state index in [2.05, 4.69) is 37.0 Å². The molecule has 0 saturated carbocycles. The van der Waals surface area contributed by atoms with Crippen molar-refractivity contribution in [3.05, 3.63) is 18.0 Å². The molecule has 0 aromatic carbocycles. The molecule has 4 heteroatoms. The van der Waals surface area contributed by atoms with Gasteiger partial charge >= 0.3 is 0 Å². The van der Waals surface area contributed by atoms with E-state index in [4.69, 9.17) is 5.73 Å². The van der Waals surface area contributed by atoms with Crippen molar-refractivity contribution in [2.45, 2.75) is 46.2 Å². The number of hydrogen-bond acceptors (Lipinski definition) is 3. The number of likely N-dealkylation sites (N-methyl/N-ethyl adjacent to an activating group) is 1.